The molecule has 3 aromatic heterocycles. The van der Waals surface area contributed by atoms with Crippen molar-refractivity contribution >= 4 is 22.7 Å². The maximum Gasteiger partial charge on any atom is 0.307 e. The highest BCUT2D eigenvalue weighted by molar-refractivity contribution is 7.13. The minimum atomic E-state index is -0.0791. The quantitative estimate of drug-likeness (QED) is 0.679. The molecule has 1 saturated heterocycles. The Labute approximate surface area is 152 Å². The summed E-state index contributed by atoms with van der Waals surface area (Å²) in [6, 6.07) is 3.86. The normalized spacial score (nSPS) is 18.7. The van der Waals surface area contributed by atoms with Crippen molar-refractivity contribution in [2.45, 2.75) is 19.5 Å². The molecule has 0 spiro atoms. The average Bonchev–Trinajstić information content (AvgIpc) is 3.36. The van der Waals surface area contributed by atoms with E-state index in [0.717, 1.165) is 23.7 Å². The van der Waals surface area contributed by atoms with E-state index in [2.05, 4.69) is 15.0 Å². The smallest absolute Gasteiger partial charge is 0.307 e. The van der Waals surface area contributed by atoms with Gasteiger partial charge in [-0.2, -0.15) is 4.98 Å². The summed E-state index contributed by atoms with van der Waals surface area (Å²) in [6.07, 6.45) is 0. The van der Waals surface area contributed by atoms with Gasteiger partial charge >= 0.3 is 4.87 Å². The minimum Gasteiger partial charge on any atom is -0.378 e. The Balaban J connectivity index is 1.50. The summed E-state index contributed by atoms with van der Waals surface area (Å²) in [5, 5.41) is 7.98. The predicted octanol–water partition coefficient (Wildman–Crippen LogP) is 2.40. The van der Waals surface area contributed by atoms with Crippen molar-refractivity contribution in [3.05, 3.63) is 44.1 Å². The van der Waals surface area contributed by atoms with Crippen molar-refractivity contribution in [2.24, 2.45) is 0 Å². The lowest BCUT2D eigenvalue weighted by Gasteiger charge is -2.33. The van der Waals surface area contributed by atoms with Gasteiger partial charge < -0.3 is 13.8 Å². The van der Waals surface area contributed by atoms with Gasteiger partial charge in [-0.05, 0) is 18.4 Å². The van der Waals surface area contributed by atoms with E-state index >= 15 is 0 Å². The molecule has 1 fully saturated rings. The van der Waals surface area contributed by atoms with Crippen LogP contribution < -0.4 is 4.87 Å². The van der Waals surface area contributed by atoms with Crippen LogP contribution in [0.25, 0.3) is 10.7 Å². The van der Waals surface area contributed by atoms with Gasteiger partial charge in [0.1, 0.15) is 6.04 Å². The molecular formula is C16H18N4O3S2. The van der Waals surface area contributed by atoms with Gasteiger partial charge in [0.25, 0.3) is 0 Å². The number of hydrogen-bond donors (Lipinski definition) is 0. The summed E-state index contributed by atoms with van der Waals surface area (Å²) >= 11 is 2.82. The van der Waals surface area contributed by atoms with Gasteiger partial charge in [0.2, 0.25) is 11.7 Å². The highest BCUT2D eigenvalue weighted by Gasteiger charge is 2.29. The monoisotopic (exact) mass is 378 g/mol. The van der Waals surface area contributed by atoms with Gasteiger partial charge in [0.15, 0.2) is 0 Å². The lowest BCUT2D eigenvalue weighted by atomic mass is 10.2. The molecule has 0 radical (unpaired) electrons. The third-order valence-electron chi connectivity index (χ3n) is 4.29. The topological polar surface area (TPSA) is 73.4 Å². The largest absolute Gasteiger partial charge is 0.378 e. The van der Waals surface area contributed by atoms with Gasteiger partial charge in [0, 0.05) is 30.7 Å². The van der Waals surface area contributed by atoms with Gasteiger partial charge in [-0.25, -0.2) is 0 Å². The number of thiazole rings is 1. The third kappa shape index (κ3) is 3.45. The highest BCUT2D eigenvalue weighted by Crippen LogP contribution is 2.27. The number of aryl methyl sites for hydroxylation is 1. The zero-order valence-electron chi connectivity index (χ0n) is 13.8. The van der Waals surface area contributed by atoms with Crippen molar-refractivity contribution in [1.29, 1.82) is 0 Å². The fraction of sp³-hybridized carbons (Fsp3) is 0.438. The van der Waals surface area contributed by atoms with Crippen molar-refractivity contribution in [1.82, 2.24) is 19.6 Å². The average molecular weight is 378 g/mol. The molecule has 25 heavy (non-hydrogen) atoms. The van der Waals surface area contributed by atoms with Crippen molar-refractivity contribution in [2.75, 3.05) is 26.3 Å². The molecule has 7 nitrogen and oxygen atoms in total. The number of ether oxygens (including phenoxy) is 1. The predicted molar refractivity (Wildman–Crippen MR) is 96.1 cm³/mol. The Morgan fingerprint density at radius 1 is 1.36 bits per heavy atom. The number of aromatic nitrogens is 3. The van der Waals surface area contributed by atoms with Crippen molar-refractivity contribution in [3.8, 4) is 10.7 Å². The molecule has 0 saturated carbocycles. The summed E-state index contributed by atoms with van der Waals surface area (Å²) in [6.45, 7) is 5.31. The van der Waals surface area contributed by atoms with E-state index < -0.39 is 0 Å². The first-order chi connectivity index (χ1) is 12.2. The van der Waals surface area contributed by atoms with E-state index in [4.69, 9.17) is 9.26 Å². The molecule has 4 rings (SSSR count). The molecule has 0 aromatic carbocycles. The number of nitrogens with zero attached hydrogens (tertiary/aromatic N) is 4. The molecule has 1 aliphatic heterocycles. The third-order valence-corrected chi connectivity index (χ3v) is 6.04. The van der Waals surface area contributed by atoms with Crippen molar-refractivity contribution in [3.63, 3.8) is 0 Å². The lowest BCUT2D eigenvalue weighted by molar-refractivity contribution is -0.0213. The van der Waals surface area contributed by atoms with E-state index in [1.165, 1.54) is 11.3 Å². The Bertz CT molecular complexity index is 883. The Hall–Kier alpha value is -1.81. The van der Waals surface area contributed by atoms with Gasteiger partial charge in [-0.3, -0.25) is 9.69 Å². The fourth-order valence-corrected chi connectivity index (χ4v) is 4.32. The van der Waals surface area contributed by atoms with Gasteiger partial charge in [-0.15, -0.1) is 11.3 Å². The molecular weight excluding hydrogens is 360 g/mol. The molecule has 9 heteroatoms. The van der Waals surface area contributed by atoms with Crippen LogP contribution in [0.15, 0.2) is 32.2 Å². The summed E-state index contributed by atoms with van der Waals surface area (Å²) in [7, 11) is 0. The van der Waals surface area contributed by atoms with Crippen LogP contribution in [-0.2, 0) is 11.3 Å². The minimum absolute atomic E-state index is 0.0791. The molecule has 0 amide bonds. The molecule has 132 valence electrons. The van der Waals surface area contributed by atoms with E-state index in [0.29, 0.717) is 31.5 Å². The molecule has 0 aliphatic carbocycles. The van der Waals surface area contributed by atoms with Crippen LogP contribution >= 0.6 is 22.7 Å². The first-order valence-electron chi connectivity index (χ1n) is 8.06. The second-order valence-electron chi connectivity index (χ2n) is 5.85. The first-order valence-corrected chi connectivity index (χ1v) is 9.82. The summed E-state index contributed by atoms with van der Waals surface area (Å²) in [4.78, 5) is 19.8. The lowest BCUT2D eigenvalue weighted by Crippen LogP contribution is -2.42. The SMILES string of the molecule is Cc1csc(=O)n1CCN1CCOCC1c1nc(-c2cccs2)no1. The van der Waals surface area contributed by atoms with Crippen LogP contribution in [0.5, 0.6) is 0 Å². The zero-order valence-corrected chi connectivity index (χ0v) is 15.4. The first kappa shape index (κ1) is 16.6. The molecule has 1 atom stereocenters. The molecule has 3 aromatic rings. The fourth-order valence-electron chi connectivity index (χ4n) is 2.91. The van der Waals surface area contributed by atoms with E-state index in [1.54, 1.807) is 11.3 Å². The maximum absolute atomic E-state index is 11.9. The second kappa shape index (κ2) is 7.20. The summed E-state index contributed by atoms with van der Waals surface area (Å²) in [5.74, 6) is 1.18. The second-order valence-corrected chi connectivity index (χ2v) is 7.62. The van der Waals surface area contributed by atoms with Crippen LogP contribution in [-0.4, -0.2) is 45.9 Å². The Morgan fingerprint density at radius 3 is 3.04 bits per heavy atom. The summed E-state index contributed by atoms with van der Waals surface area (Å²) in [5.41, 5.74) is 0.998. The number of thiophene rings is 1. The number of hydrogen-bond acceptors (Lipinski definition) is 8. The molecule has 4 heterocycles. The van der Waals surface area contributed by atoms with E-state index in [9.17, 15) is 4.79 Å². The van der Waals surface area contributed by atoms with Gasteiger partial charge in [-0.1, -0.05) is 22.6 Å². The highest BCUT2D eigenvalue weighted by atomic mass is 32.1. The molecule has 0 bridgehead atoms. The summed E-state index contributed by atoms with van der Waals surface area (Å²) < 4.78 is 12.9. The Morgan fingerprint density at radius 2 is 2.28 bits per heavy atom. The maximum atomic E-state index is 11.9. The van der Waals surface area contributed by atoms with E-state index in [1.807, 2.05) is 34.4 Å². The van der Waals surface area contributed by atoms with Crippen LogP contribution in [0.4, 0.5) is 0 Å². The standard InChI is InChI=1S/C16H18N4O3S2/c1-11-10-25-16(21)20(11)5-4-19-6-7-22-9-12(19)15-17-14(18-23-15)13-3-2-8-24-13/h2-3,8,10,12H,4-7,9H2,1H3. The van der Waals surface area contributed by atoms with Crippen molar-refractivity contribution < 1.29 is 9.26 Å². The Kier molecular flexibility index (Phi) is 4.80. The van der Waals surface area contributed by atoms with Crippen LogP contribution in [0, 0.1) is 6.92 Å². The van der Waals surface area contributed by atoms with Crippen LogP contribution in [0.3, 0.4) is 0 Å². The molecule has 0 N–H and O–H groups in total. The number of morpholine rings is 1. The van der Waals surface area contributed by atoms with E-state index in [-0.39, 0.29) is 10.9 Å². The molecule has 1 aliphatic rings. The van der Waals surface area contributed by atoms with Gasteiger partial charge in [0.05, 0.1) is 18.1 Å². The van der Waals surface area contributed by atoms with Crippen LogP contribution in [0.2, 0.25) is 0 Å². The zero-order chi connectivity index (χ0) is 17.2. The van der Waals surface area contributed by atoms with Crippen LogP contribution in [0.1, 0.15) is 17.6 Å². The molecule has 1 unspecified atom stereocenters. The number of rotatable bonds is 5.